The van der Waals surface area contributed by atoms with Gasteiger partial charge in [-0.2, -0.15) is 11.8 Å². The Morgan fingerprint density at radius 1 is 1.05 bits per heavy atom. The molecule has 1 N–H and O–H groups in total. The van der Waals surface area contributed by atoms with Crippen LogP contribution in [0.5, 0.6) is 0 Å². The van der Waals surface area contributed by atoms with Gasteiger partial charge in [-0.3, -0.25) is 14.4 Å². The molecule has 2 saturated heterocycles. The lowest BCUT2D eigenvalue weighted by atomic mass is 9.87. The molecule has 0 spiro atoms. The second kappa shape index (κ2) is 11.0. The van der Waals surface area contributed by atoms with E-state index in [0.717, 1.165) is 34.8 Å². The fourth-order valence-electron chi connectivity index (χ4n) is 5.96. The molecule has 3 atom stereocenters. The van der Waals surface area contributed by atoms with E-state index in [1.165, 1.54) is 11.0 Å². The first-order valence-electron chi connectivity index (χ1n) is 13.3. The van der Waals surface area contributed by atoms with Crippen LogP contribution in [-0.2, 0) is 27.2 Å². The summed E-state index contributed by atoms with van der Waals surface area (Å²) >= 11 is 1.72. The molecule has 5 rings (SSSR count). The van der Waals surface area contributed by atoms with Crippen molar-refractivity contribution < 1.29 is 23.2 Å². The van der Waals surface area contributed by atoms with Gasteiger partial charge in [0.2, 0.25) is 17.7 Å². The number of halogens is 2. The molecule has 38 heavy (non-hydrogen) atoms. The summed E-state index contributed by atoms with van der Waals surface area (Å²) in [4.78, 5) is 45.0. The summed E-state index contributed by atoms with van der Waals surface area (Å²) in [6.45, 7) is 4.81. The van der Waals surface area contributed by atoms with Crippen LogP contribution in [0.2, 0.25) is 0 Å². The number of carbonyl (C=O) groups is 3. The number of hydrogen-bond donors (Lipinski definition) is 1. The highest BCUT2D eigenvalue weighted by Crippen LogP contribution is 2.37. The lowest BCUT2D eigenvalue weighted by molar-refractivity contribution is -0.160. The molecule has 2 aromatic rings. The molecule has 2 heterocycles. The molecular weight excluding hydrogens is 508 g/mol. The zero-order valence-corrected chi connectivity index (χ0v) is 22.5. The number of nitrogens with one attached hydrogen (secondary N) is 1. The molecule has 9 heteroatoms. The van der Waals surface area contributed by atoms with E-state index in [2.05, 4.69) is 5.32 Å². The topological polar surface area (TPSA) is 69.7 Å². The monoisotopic (exact) mass is 541 g/mol. The largest absolute Gasteiger partial charge is 0.342 e. The molecule has 2 aromatic carbocycles. The zero-order valence-electron chi connectivity index (χ0n) is 21.7. The minimum Gasteiger partial charge on any atom is -0.342 e. The fraction of sp³-hybridized carbons (Fsp3) is 0.483. The van der Waals surface area contributed by atoms with Crippen LogP contribution in [0.15, 0.2) is 42.5 Å². The van der Waals surface area contributed by atoms with Crippen LogP contribution in [0.1, 0.15) is 43.0 Å². The number of piperazine rings is 1. The van der Waals surface area contributed by atoms with Crippen LogP contribution < -0.4 is 5.32 Å². The average molecular weight is 542 g/mol. The number of amides is 3. The molecule has 3 amide bonds. The standard InChI is InChI=1S/C29H33F2N3O3S/c1-17(2)13-24-27(35)32-25(20-14-18-5-3-4-6-19(18)15-20)28(36)34(24)26(22-8-7-21(30)16-23(22)31)29(37)33-9-11-38-12-10-33/h3-8,16-17,20,24-26H,9-15H2,1-2H3,(H,32,35)/t24-,25?,26-/m1/s1. The fourth-order valence-corrected chi connectivity index (χ4v) is 6.86. The SMILES string of the molecule is CC(C)C[C@@H]1C(=O)NC(C2Cc3ccccc3C2)C(=O)N1[C@@H](C(=O)N1CCSCC1)c1ccc(F)cc1F. The Kier molecular flexibility index (Phi) is 7.75. The first kappa shape index (κ1) is 26.7. The summed E-state index contributed by atoms with van der Waals surface area (Å²) in [6.07, 6.45) is 1.57. The maximum atomic E-state index is 15.3. The second-order valence-corrected chi connectivity index (χ2v) is 12.0. The smallest absolute Gasteiger partial charge is 0.250 e. The van der Waals surface area contributed by atoms with E-state index in [4.69, 9.17) is 0 Å². The van der Waals surface area contributed by atoms with Crippen LogP contribution >= 0.6 is 11.8 Å². The van der Waals surface area contributed by atoms with Crippen molar-refractivity contribution in [3.8, 4) is 0 Å². The highest BCUT2D eigenvalue weighted by Gasteiger charge is 2.50. The molecule has 202 valence electrons. The van der Waals surface area contributed by atoms with E-state index in [0.29, 0.717) is 32.4 Å². The van der Waals surface area contributed by atoms with E-state index in [9.17, 15) is 18.8 Å². The van der Waals surface area contributed by atoms with Crippen molar-refractivity contribution in [2.24, 2.45) is 11.8 Å². The summed E-state index contributed by atoms with van der Waals surface area (Å²) in [5.41, 5.74) is 2.19. The molecule has 3 aliphatic rings. The zero-order chi connectivity index (χ0) is 27.0. The van der Waals surface area contributed by atoms with Crippen molar-refractivity contribution in [3.63, 3.8) is 0 Å². The molecular formula is C29H33F2N3O3S. The third kappa shape index (κ3) is 5.17. The maximum Gasteiger partial charge on any atom is 0.250 e. The van der Waals surface area contributed by atoms with Crippen LogP contribution in [0.4, 0.5) is 8.78 Å². The van der Waals surface area contributed by atoms with Crippen molar-refractivity contribution in [2.75, 3.05) is 24.6 Å². The Morgan fingerprint density at radius 2 is 1.71 bits per heavy atom. The Balaban J connectivity index is 1.57. The van der Waals surface area contributed by atoms with E-state index >= 15 is 4.39 Å². The molecule has 0 aromatic heterocycles. The lowest BCUT2D eigenvalue weighted by Crippen LogP contribution is -2.67. The second-order valence-electron chi connectivity index (χ2n) is 10.8. The van der Waals surface area contributed by atoms with Gasteiger partial charge < -0.3 is 15.1 Å². The highest BCUT2D eigenvalue weighted by atomic mass is 32.2. The van der Waals surface area contributed by atoms with Crippen molar-refractivity contribution in [1.29, 1.82) is 0 Å². The quantitative estimate of drug-likeness (QED) is 0.605. The molecule has 0 bridgehead atoms. The summed E-state index contributed by atoms with van der Waals surface area (Å²) in [6, 6.07) is 7.89. The Hall–Kier alpha value is -2.94. The number of thioether (sulfide) groups is 1. The molecule has 2 fully saturated rings. The number of fused-ring (bicyclic) bond motifs is 1. The van der Waals surface area contributed by atoms with Crippen LogP contribution in [0.25, 0.3) is 0 Å². The van der Waals surface area contributed by atoms with Gasteiger partial charge in [-0.05, 0) is 48.3 Å². The summed E-state index contributed by atoms with van der Waals surface area (Å²) in [7, 11) is 0. The van der Waals surface area contributed by atoms with E-state index < -0.39 is 35.7 Å². The number of rotatable bonds is 6. The predicted octanol–water partition coefficient (Wildman–Crippen LogP) is 3.74. The van der Waals surface area contributed by atoms with Gasteiger partial charge in [0.1, 0.15) is 29.8 Å². The molecule has 1 aliphatic carbocycles. The van der Waals surface area contributed by atoms with Gasteiger partial charge in [0, 0.05) is 36.2 Å². The van der Waals surface area contributed by atoms with Crippen LogP contribution in [0.3, 0.4) is 0 Å². The van der Waals surface area contributed by atoms with Crippen LogP contribution in [0, 0.1) is 23.5 Å². The van der Waals surface area contributed by atoms with Gasteiger partial charge in [-0.1, -0.05) is 44.2 Å². The van der Waals surface area contributed by atoms with Gasteiger partial charge >= 0.3 is 0 Å². The Labute approximate surface area is 226 Å². The van der Waals surface area contributed by atoms with Crippen molar-refractivity contribution >= 4 is 29.5 Å². The van der Waals surface area contributed by atoms with Gasteiger partial charge in [-0.15, -0.1) is 0 Å². The first-order chi connectivity index (χ1) is 18.2. The minimum atomic E-state index is -1.35. The van der Waals surface area contributed by atoms with E-state index in [1.54, 1.807) is 16.7 Å². The average Bonchev–Trinajstić information content (AvgIpc) is 3.33. The number of benzene rings is 2. The first-order valence-corrected chi connectivity index (χ1v) is 14.4. The summed E-state index contributed by atoms with van der Waals surface area (Å²) in [5.74, 6) is -1.50. The number of nitrogens with zero attached hydrogens (tertiary/aromatic N) is 2. The van der Waals surface area contributed by atoms with Gasteiger partial charge in [-0.25, -0.2) is 8.78 Å². The van der Waals surface area contributed by atoms with E-state index in [-0.39, 0.29) is 29.2 Å². The number of carbonyl (C=O) groups excluding carboxylic acids is 3. The lowest BCUT2D eigenvalue weighted by Gasteiger charge is -2.46. The molecule has 1 unspecified atom stereocenters. The Bertz CT molecular complexity index is 1210. The normalized spacial score (nSPS) is 23.0. The van der Waals surface area contributed by atoms with E-state index in [1.807, 2.05) is 38.1 Å². The molecule has 2 aliphatic heterocycles. The van der Waals surface area contributed by atoms with Crippen molar-refractivity contribution in [1.82, 2.24) is 15.1 Å². The summed E-state index contributed by atoms with van der Waals surface area (Å²) in [5, 5.41) is 2.96. The van der Waals surface area contributed by atoms with Gasteiger partial charge in [0.25, 0.3) is 0 Å². The third-order valence-corrected chi connectivity index (χ3v) is 8.74. The third-order valence-electron chi connectivity index (χ3n) is 7.80. The highest BCUT2D eigenvalue weighted by molar-refractivity contribution is 7.99. The Morgan fingerprint density at radius 3 is 2.32 bits per heavy atom. The predicted molar refractivity (Wildman–Crippen MR) is 142 cm³/mol. The van der Waals surface area contributed by atoms with Crippen molar-refractivity contribution in [2.45, 2.75) is 51.2 Å². The summed E-state index contributed by atoms with van der Waals surface area (Å²) < 4.78 is 29.2. The minimum absolute atomic E-state index is 0.0357. The maximum absolute atomic E-state index is 15.3. The molecule has 0 saturated carbocycles. The number of hydrogen-bond acceptors (Lipinski definition) is 4. The van der Waals surface area contributed by atoms with Gasteiger partial charge in [0.05, 0.1) is 0 Å². The van der Waals surface area contributed by atoms with Gasteiger partial charge in [0.15, 0.2) is 0 Å². The van der Waals surface area contributed by atoms with Crippen LogP contribution in [-0.4, -0.2) is 64.2 Å². The molecule has 0 radical (unpaired) electrons. The molecule has 6 nitrogen and oxygen atoms in total. The van der Waals surface area contributed by atoms with Crippen molar-refractivity contribution in [3.05, 3.63) is 70.8 Å².